The number of hydrogen-bond acceptors (Lipinski definition) is 3. The molecule has 0 bridgehead atoms. The molecule has 20 heavy (non-hydrogen) atoms. The number of hydrogen-bond donors (Lipinski definition) is 1. The Morgan fingerprint density at radius 3 is 2.45 bits per heavy atom. The van der Waals surface area contributed by atoms with Gasteiger partial charge in [0.1, 0.15) is 0 Å². The fourth-order valence-corrected chi connectivity index (χ4v) is 2.68. The van der Waals surface area contributed by atoms with Gasteiger partial charge in [-0.05, 0) is 51.1 Å². The summed E-state index contributed by atoms with van der Waals surface area (Å²) in [5.41, 5.74) is 5.53. The van der Waals surface area contributed by atoms with Crippen molar-refractivity contribution in [3.8, 4) is 0 Å². The molecule has 1 saturated heterocycles. The SMILES string of the molecule is CC(C(=O)c1ccc(Cl)cc1)N1CCC(C)(C(N)=O)C1. The van der Waals surface area contributed by atoms with E-state index in [1.165, 1.54) is 0 Å². The lowest BCUT2D eigenvalue weighted by Crippen LogP contribution is -2.42. The first kappa shape index (κ1) is 15.0. The van der Waals surface area contributed by atoms with Gasteiger partial charge in [0, 0.05) is 17.1 Å². The zero-order chi connectivity index (χ0) is 14.9. The molecule has 0 aliphatic carbocycles. The van der Waals surface area contributed by atoms with Crippen LogP contribution >= 0.6 is 11.6 Å². The maximum Gasteiger partial charge on any atom is 0.224 e. The minimum Gasteiger partial charge on any atom is -0.369 e. The van der Waals surface area contributed by atoms with Crippen LogP contribution in [0, 0.1) is 5.41 Å². The lowest BCUT2D eigenvalue weighted by Gasteiger charge is -2.25. The van der Waals surface area contributed by atoms with Gasteiger partial charge >= 0.3 is 0 Å². The van der Waals surface area contributed by atoms with Crippen LogP contribution in [0.5, 0.6) is 0 Å². The molecule has 1 amide bonds. The Kier molecular flexibility index (Phi) is 4.16. The molecule has 1 fully saturated rings. The van der Waals surface area contributed by atoms with E-state index in [2.05, 4.69) is 0 Å². The lowest BCUT2D eigenvalue weighted by atomic mass is 9.89. The maximum atomic E-state index is 12.4. The van der Waals surface area contributed by atoms with Gasteiger partial charge in [-0.15, -0.1) is 0 Å². The number of carbonyl (C=O) groups excluding carboxylic acids is 2. The number of benzene rings is 1. The lowest BCUT2D eigenvalue weighted by molar-refractivity contribution is -0.126. The summed E-state index contributed by atoms with van der Waals surface area (Å²) < 4.78 is 0. The highest BCUT2D eigenvalue weighted by atomic mass is 35.5. The molecule has 5 heteroatoms. The normalized spacial score (nSPS) is 24.6. The van der Waals surface area contributed by atoms with Crippen LogP contribution in [0.25, 0.3) is 0 Å². The van der Waals surface area contributed by atoms with Gasteiger partial charge in [-0.2, -0.15) is 0 Å². The molecule has 1 heterocycles. The van der Waals surface area contributed by atoms with Crippen LogP contribution < -0.4 is 5.73 Å². The molecule has 0 saturated carbocycles. The Bertz CT molecular complexity index is 529. The predicted octanol–water partition coefficient (Wildman–Crippen LogP) is 2.11. The maximum absolute atomic E-state index is 12.4. The van der Waals surface area contributed by atoms with Crippen LogP contribution in [-0.4, -0.2) is 35.7 Å². The van der Waals surface area contributed by atoms with E-state index in [9.17, 15) is 9.59 Å². The molecule has 1 aromatic carbocycles. The van der Waals surface area contributed by atoms with Crippen LogP contribution in [0.4, 0.5) is 0 Å². The van der Waals surface area contributed by atoms with Crippen molar-refractivity contribution in [2.75, 3.05) is 13.1 Å². The van der Waals surface area contributed by atoms with Crippen LogP contribution in [0.2, 0.25) is 5.02 Å². The first-order valence-corrected chi connectivity index (χ1v) is 7.05. The van der Waals surface area contributed by atoms with Crippen molar-refractivity contribution in [1.29, 1.82) is 0 Å². The first-order valence-electron chi connectivity index (χ1n) is 6.67. The Morgan fingerprint density at radius 2 is 1.95 bits per heavy atom. The third-order valence-electron chi connectivity index (χ3n) is 4.15. The fourth-order valence-electron chi connectivity index (χ4n) is 2.55. The van der Waals surface area contributed by atoms with Gasteiger partial charge in [0.25, 0.3) is 0 Å². The molecule has 2 rings (SSSR count). The van der Waals surface area contributed by atoms with E-state index < -0.39 is 5.41 Å². The molecule has 2 N–H and O–H groups in total. The van der Waals surface area contributed by atoms with Crippen LogP contribution in [0.15, 0.2) is 24.3 Å². The summed E-state index contributed by atoms with van der Waals surface area (Å²) in [6.07, 6.45) is 0.695. The van der Waals surface area contributed by atoms with Gasteiger partial charge in [0.15, 0.2) is 5.78 Å². The van der Waals surface area contributed by atoms with Gasteiger partial charge in [0.05, 0.1) is 11.5 Å². The Morgan fingerprint density at radius 1 is 1.35 bits per heavy atom. The molecule has 2 atom stereocenters. The summed E-state index contributed by atoms with van der Waals surface area (Å²) in [5.74, 6) is -0.262. The first-order chi connectivity index (χ1) is 9.33. The molecule has 2 unspecified atom stereocenters. The molecule has 1 aliphatic heterocycles. The van der Waals surface area contributed by atoms with E-state index in [-0.39, 0.29) is 17.7 Å². The second kappa shape index (κ2) is 5.54. The van der Waals surface area contributed by atoms with Gasteiger partial charge in [-0.25, -0.2) is 0 Å². The predicted molar refractivity (Wildman–Crippen MR) is 78.7 cm³/mol. The average molecular weight is 295 g/mol. The Balaban J connectivity index is 2.09. The van der Waals surface area contributed by atoms with E-state index >= 15 is 0 Å². The van der Waals surface area contributed by atoms with Crippen LogP contribution in [-0.2, 0) is 4.79 Å². The highest BCUT2D eigenvalue weighted by Gasteiger charge is 2.41. The molecule has 4 nitrogen and oxygen atoms in total. The fraction of sp³-hybridized carbons (Fsp3) is 0.467. The highest BCUT2D eigenvalue weighted by Crippen LogP contribution is 2.31. The molecule has 0 radical (unpaired) electrons. The zero-order valence-electron chi connectivity index (χ0n) is 11.7. The van der Waals surface area contributed by atoms with Crippen LogP contribution in [0.3, 0.4) is 0 Å². The number of nitrogens with two attached hydrogens (primary N) is 1. The number of ketones is 1. The van der Waals surface area contributed by atoms with Crippen molar-refractivity contribution in [3.63, 3.8) is 0 Å². The number of halogens is 1. The van der Waals surface area contributed by atoms with E-state index in [0.29, 0.717) is 30.1 Å². The third kappa shape index (κ3) is 2.86. The molecule has 1 aromatic rings. The standard InChI is InChI=1S/C15H19ClN2O2/c1-10(13(19)11-3-5-12(16)6-4-11)18-8-7-15(2,9-18)14(17)20/h3-6,10H,7-9H2,1-2H3,(H2,17,20). The highest BCUT2D eigenvalue weighted by molar-refractivity contribution is 6.30. The molecular formula is C15H19ClN2O2. The largest absolute Gasteiger partial charge is 0.369 e. The quantitative estimate of drug-likeness (QED) is 0.865. The Labute approximate surface area is 123 Å². The van der Waals surface area contributed by atoms with Crippen molar-refractivity contribution < 1.29 is 9.59 Å². The summed E-state index contributed by atoms with van der Waals surface area (Å²) in [6.45, 7) is 4.96. The summed E-state index contributed by atoms with van der Waals surface area (Å²) in [7, 11) is 0. The topological polar surface area (TPSA) is 63.4 Å². The zero-order valence-corrected chi connectivity index (χ0v) is 12.5. The monoisotopic (exact) mass is 294 g/mol. The number of rotatable bonds is 4. The second-order valence-corrected chi connectivity index (χ2v) is 6.13. The number of carbonyl (C=O) groups is 2. The summed E-state index contributed by atoms with van der Waals surface area (Å²) in [5, 5.41) is 0.608. The van der Waals surface area contributed by atoms with Crippen molar-refractivity contribution in [2.24, 2.45) is 11.1 Å². The minimum atomic E-state index is -0.533. The van der Waals surface area contributed by atoms with Crippen molar-refractivity contribution >= 4 is 23.3 Å². The van der Waals surface area contributed by atoms with Gasteiger partial charge in [0.2, 0.25) is 5.91 Å². The van der Waals surface area contributed by atoms with Gasteiger partial charge in [-0.1, -0.05) is 11.6 Å². The van der Waals surface area contributed by atoms with E-state index in [4.69, 9.17) is 17.3 Å². The van der Waals surface area contributed by atoms with Crippen molar-refractivity contribution in [2.45, 2.75) is 26.3 Å². The van der Waals surface area contributed by atoms with E-state index in [1.807, 2.05) is 18.7 Å². The number of Topliss-reactive ketones (excluding diaryl/α,β-unsaturated/α-hetero) is 1. The van der Waals surface area contributed by atoms with E-state index in [1.54, 1.807) is 24.3 Å². The van der Waals surface area contributed by atoms with Gasteiger partial charge in [-0.3, -0.25) is 14.5 Å². The Hall–Kier alpha value is -1.39. The molecule has 0 spiro atoms. The molecule has 1 aliphatic rings. The van der Waals surface area contributed by atoms with E-state index in [0.717, 1.165) is 0 Å². The molecule has 108 valence electrons. The van der Waals surface area contributed by atoms with Gasteiger partial charge < -0.3 is 5.73 Å². The molecular weight excluding hydrogens is 276 g/mol. The number of likely N-dealkylation sites (tertiary alicyclic amines) is 1. The summed E-state index contributed by atoms with van der Waals surface area (Å²) in [6, 6.07) is 6.60. The minimum absolute atomic E-state index is 0.0374. The second-order valence-electron chi connectivity index (χ2n) is 5.69. The average Bonchev–Trinajstić information content (AvgIpc) is 2.82. The number of nitrogens with zero attached hydrogens (tertiary/aromatic N) is 1. The van der Waals surface area contributed by atoms with Crippen LogP contribution in [0.1, 0.15) is 30.6 Å². The molecule has 0 aromatic heterocycles. The number of primary amides is 1. The smallest absolute Gasteiger partial charge is 0.224 e. The van der Waals surface area contributed by atoms with Crippen molar-refractivity contribution in [3.05, 3.63) is 34.9 Å². The summed E-state index contributed by atoms with van der Waals surface area (Å²) >= 11 is 5.82. The summed E-state index contributed by atoms with van der Waals surface area (Å²) in [4.78, 5) is 25.9. The number of amides is 1. The third-order valence-corrected chi connectivity index (χ3v) is 4.41. The van der Waals surface area contributed by atoms with Crippen molar-refractivity contribution in [1.82, 2.24) is 4.90 Å².